The Labute approximate surface area is 216 Å². The first kappa shape index (κ1) is 24.4. The molecule has 2 N–H and O–H groups in total. The Morgan fingerprint density at radius 2 is 1.73 bits per heavy atom. The fourth-order valence-electron chi connectivity index (χ4n) is 4.94. The van der Waals surface area contributed by atoms with Crippen LogP contribution in [0, 0.1) is 0 Å². The SMILES string of the molecule is COc1cccc(CN2C(=O)C(=O)/C(=C(\O)c3c[nH]c4ccccc34)C2c2ccc(C(C)(C)C)cc2)c1. The molecule has 0 radical (unpaired) electrons. The average molecular weight is 495 g/mol. The van der Waals surface area contributed by atoms with Gasteiger partial charge in [-0.1, -0.05) is 75.4 Å². The molecule has 1 unspecified atom stereocenters. The van der Waals surface area contributed by atoms with Gasteiger partial charge in [0.15, 0.2) is 0 Å². The molecule has 0 saturated carbocycles. The Kier molecular flexibility index (Phi) is 6.12. The molecule has 1 aromatic heterocycles. The van der Waals surface area contributed by atoms with Gasteiger partial charge < -0.3 is 19.7 Å². The summed E-state index contributed by atoms with van der Waals surface area (Å²) in [4.78, 5) is 31.6. The second-order valence-electron chi connectivity index (χ2n) is 10.4. The third-order valence-corrected chi connectivity index (χ3v) is 6.96. The molecular weight excluding hydrogens is 464 g/mol. The van der Waals surface area contributed by atoms with Crippen molar-refractivity contribution < 1.29 is 19.4 Å². The molecule has 1 aliphatic rings. The second-order valence-corrected chi connectivity index (χ2v) is 10.4. The normalized spacial score (nSPS) is 17.5. The highest BCUT2D eigenvalue weighted by Gasteiger charge is 2.46. The Balaban J connectivity index is 1.66. The highest BCUT2D eigenvalue weighted by atomic mass is 16.5. The number of likely N-dealkylation sites (tertiary alicyclic amines) is 1. The van der Waals surface area contributed by atoms with Crippen LogP contribution < -0.4 is 4.74 Å². The van der Waals surface area contributed by atoms with Crippen molar-refractivity contribution >= 4 is 28.4 Å². The average Bonchev–Trinajstić information content (AvgIpc) is 3.43. The standard InChI is InChI=1S/C31H30N2O4/c1-31(2,3)21-14-12-20(13-15-21)27-26(28(34)24-17-32-25-11-6-5-10-23(24)25)29(35)30(36)33(27)18-19-8-7-9-22(16-19)37-4/h5-17,27,32,34H,18H2,1-4H3/b28-26-. The summed E-state index contributed by atoms with van der Waals surface area (Å²) in [5, 5.41) is 12.3. The second kappa shape index (κ2) is 9.28. The third kappa shape index (κ3) is 4.40. The van der Waals surface area contributed by atoms with Crippen LogP contribution in [0.15, 0.2) is 84.6 Å². The van der Waals surface area contributed by atoms with E-state index in [4.69, 9.17) is 4.74 Å². The van der Waals surface area contributed by atoms with Crippen LogP contribution in [0.4, 0.5) is 0 Å². The lowest BCUT2D eigenvalue weighted by Crippen LogP contribution is -2.29. The van der Waals surface area contributed by atoms with Crippen LogP contribution in [-0.2, 0) is 21.5 Å². The van der Waals surface area contributed by atoms with E-state index < -0.39 is 17.7 Å². The Bertz CT molecular complexity index is 1520. The maximum Gasteiger partial charge on any atom is 0.295 e. The first-order valence-electron chi connectivity index (χ1n) is 12.3. The van der Waals surface area contributed by atoms with E-state index in [0.717, 1.165) is 27.6 Å². The van der Waals surface area contributed by atoms with Gasteiger partial charge in [0.1, 0.15) is 11.5 Å². The molecule has 1 aliphatic heterocycles. The number of amides is 1. The minimum atomic E-state index is -0.742. The molecule has 1 fully saturated rings. The number of carbonyl (C=O) groups is 2. The molecule has 3 aromatic carbocycles. The molecule has 2 heterocycles. The fraction of sp³-hybridized carbons (Fsp3) is 0.226. The number of hydrogen-bond donors (Lipinski definition) is 2. The number of hydrogen-bond acceptors (Lipinski definition) is 4. The van der Waals surface area contributed by atoms with Gasteiger partial charge in [-0.2, -0.15) is 0 Å². The largest absolute Gasteiger partial charge is 0.507 e. The van der Waals surface area contributed by atoms with Crippen molar-refractivity contribution in [3.8, 4) is 5.75 Å². The van der Waals surface area contributed by atoms with E-state index in [2.05, 4.69) is 25.8 Å². The molecule has 1 atom stereocenters. The van der Waals surface area contributed by atoms with E-state index in [1.807, 2.05) is 72.8 Å². The number of benzene rings is 3. The molecule has 188 valence electrons. The van der Waals surface area contributed by atoms with Gasteiger partial charge in [-0.05, 0) is 40.3 Å². The number of ether oxygens (including phenoxy) is 1. The number of aliphatic hydroxyl groups excluding tert-OH is 1. The van der Waals surface area contributed by atoms with Gasteiger partial charge in [-0.15, -0.1) is 0 Å². The number of aromatic amines is 1. The van der Waals surface area contributed by atoms with Gasteiger partial charge >= 0.3 is 0 Å². The van der Waals surface area contributed by atoms with Crippen molar-refractivity contribution in [2.75, 3.05) is 7.11 Å². The zero-order valence-electron chi connectivity index (χ0n) is 21.4. The summed E-state index contributed by atoms with van der Waals surface area (Å²) in [5.74, 6) is -0.863. The van der Waals surface area contributed by atoms with Crippen molar-refractivity contribution in [1.29, 1.82) is 0 Å². The van der Waals surface area contributed by atoms with Crippen LogP contribution in [0.5, 0.6) is 5.75 Å². The van der Waals surface area contributed by atoms with Crippen molar-refractivity contribution in [2.24, 2.45) is 0 Å². The molecule has 0 aliphatic carbocycles. The van der Waals surface area contributed by atoms with Crippen LogP contribution in [0.2, 0.25) is 0 Å². The molecular formula is C31H30N2O4. The summed E-state index contributed by atoms with van der Waals surface area (Å²) >= 11 is 0. The van der Waals surface area contributed by atoms with Crippen LogP contribution in [0.1, 0.15) is 49.1 Å². The number of rotatable bonds is 5. The summed E-state index contributed by atoms with van der Waals surface area (Å²) in [6.07, 6.45) is 1.68. The minimum absolute atomic E-state index is 0.0506. The number of aromatic nitrogens is 1. The number of Topliss-reactive ketones (excluding diaryl/α,β-unsaturated/α-hetero) is 1. The number of methoxy groups -OCH3 is 1. The fourth-order valence-corrected chi connectivity index (χ4v) is 4.94. The quantitative estimate of drug-likeness (QED) is 0.200. The molecule has 0 spiro atoms. The molecule has 37 heavy (non-hydrogen) atoms. The Morgan fingerprint density at radius 1 is 1.00 bits per heavy atom. The van der Waals surface area contributed by atoms with Gasteiger partial charge in [0.2, 0.25) is 0 Å². The van der Waals surface area contributed by atoms with Crippen LogP contribution in [0.25, 0.3) is 16.7 Å². The minimum Gasteiger partial charge on any atom is -0.507 e. The summed E-state index contributed by atoms with van der Waals surface area (Å²) in [7, 11) is 1.59. The van der Waals surface area contributed by atoms with E-state index in [1.54, 1.807) is 13.3 Å². The number of fused-ring (bicyclic) bond motifs is 1. The zero-order chi connectivity index (χ0) is 26.3. The summed E-state index contributed by atoms with van der Waals surface area (Å²) in [5.41, 5.74) is 4.08. The highest BCUT2D eigenvalue weighted by molar-refractivity contribution is 6.46. The molecule has 5 rings (SSSR count). The lowest BCUT2D eigenvalue weighted by molar-refractivity contribution is -0.140. The predicted octanol–water partition coefficient (Wildman–Crippen LogP) is 6.10. The lowest BCUT2D eigenvalue weighted by atomic mass is 9.85. The molecule has 4 aromatic rings. The van der Waals surface area contributed by atoms with E-state index in [1.165, 1.54) is 4.90 Å². The number of aliphatic hydroxyl groups is 1. The number of para-hydroxylation sites is 1. The van der Waals surface area contributed by atoms with E-state index in [9.17, 15) is 14.7 Å². The van der Waals surface area contributed by atoms with E-state index in [0.29, 0.717) is 11.3 Å². The monoisotopic (exact) mass is 494 g/mol. The number of nitrogens with zero attached hydrogens (tertiary/aromatic N) is 1. The molecule has 1 amide bonds. The Hall–Kier alpha value is -4.32. The van der Waals surface area contributed by atoms with Crippen LogP contribution in [-0.4, -0.2) is 33.8 Å². The van der Waals surface area contributed by atoms with E-state index in [-0.39, 0.29) is 23.3 Å². The molecule has 6 nitrogen and oxygen atoms in total. The van der Waals surface area contributed by atoms with Crippen molar-refractivity contribution in [2.45, 2.75) is 38.8 Å². The van der Waals surface area contributed by atoms with Crippen molar-refractivity contribution in [1.82, 2.24) is 9.88 Å². The lowest BCUT2D eigenvalue weighted by Gasteiger charge is -2.26. The summed E-state index contributed by atoms with van der Waals surface area (Å²) < 4.78 is 5.35. The summed E-state index contributed by atoms with van der Waals surface area (Å²) in [6, 6.07) is 22.1. The smallest absolute Gasteiger partial charge is 0.295 e. The summed E-state index contributed by atoms with van der Waals surface area (Å²) in [6.45, 7) is 6.59. The van der Waals surface area contributed by atoms with Crippen molar-refractivity contribution in [3.05, 3.63) is 107 Å². The van der Waals surface area contributed by atoms with Gasteiger partial charge in [0.25, 0.3) is 11.7 Å². The first-order chi connectivity index (χ1) is 17.7. The maximum absolute atomic E-state index is 13.5. The van der Waals surface area contributed by atoms with Gasteiger partial charge in [0.05, 0.1) is 18.7 Å². The molecule has 6 heteroatoms. The third-order valence-electron chi connectivity index (χ3n) is 6.96. The molecule has 0 bridgehead atoms. The number of carbonyl (C=O) groups excluding carboxylic acids is 2. The van der Waals surface area contributed by atoms with Crippen molar-refractivity contribution in [3.63, 3.8) is 0 Å². The number of ketones is 1. The predicted molar refractivity (Wildman–Crippen MR) is 144 cm³/mol. The first-order valence-corrected chi connectivity index (χ1v) is 12.3. The van der Waals surface area contributed by atoms with Gasteiger partial charge in [-0.25, -0.2) is 0 Å². The van der Waals surface area contributed by atoms with E-state index >= 15 is 0 Å². The molecule has 1 saturated heterocycles. The van der Waals surface area contributed by atoms with Gasteiger partial charge in [-0.3, -0.25) is 9.59 Å². The zero-order valence-corrected chi connectivity index (χ0v) is 21.4. The van der Waals surface area contributed by atoms with Crippen LogP contribution >= 0.6 is 0 Å². The number of nitrogens with one attached hydrogen (secondary N) is 1. The van der Waals surface area contributed by atoms with Gasteiger partial charge in [0, 0.05) is 29.2 Å². The maximum atomic E-state index is 13.5. The Morgan fingerprint density at radius 3 is 2.43 bits per heavy atom. The van der Waals surface area contributed by atoms with Crippen LogP contribution in [0.3, 0.4) is 0 Å². The number of H-pyrrole nitrogens is 1. The topological polar surface area (TPSA) is 82.6 Å². The highest BCUT2D eigenvalue weighted by Crippen LogP contribution is 2.42.